The van der Waals surface area contributed by atoms with Crippen LogP contribution >= 0.6 is 11.6 Å². The number of rotatable bonds is 5. The van der Waals surface area contributed by atoms with E-state index < -0.39 is 12.6 Å². The molecule has 0 unspecified atom stereocenters. The fourth-order valence-corrected chi connectivity index (χ4v) is 3.66. The molecule has 2 aromatic carbocycles. The third-order valence-corrected chi connectivity index (χ3v) is 5.36. The Balaban J connectivity index is 1.70. The van der Waals surface area contributed by atoms with Gasteiger partial charge in [-0.25, -0.2) is 4.79 Å². The number of allylic oxidation sites excluding steroid dienone is 1. The lowest BCUT2D eigenvalue weighted by atomic mass is 9.83. The molecule has 0 saturated carbocycles. The van der Waals surface area contributed by atoms with E-state index in [9.17, 15) is 14.9 Å². The Morgan fingerprint density at radius 3 is 2.47 bits per heavy atom. The lowest BCUT2D eigenvalue weighted by Crippen LogP contribution is -2.25. The number of nitriles is 1. The Hall–Kier alpha value is -3.36. The van der Waals surface area contributed by atoms with E-state index in [0.29, 0.717) is 10.6 Å². The highest BCUT2D eigenvalue weighted by atomic mass is 35.5. The predicted molar refractivity (Wildman–Crippen MR) is 117 cm³/mol. The zero-order valence-corrected chi connectivity index (χ0v) is 17.7. The van der Waals surface area contributed by atoms with E-state index in [1.165, 1.54) is 12.2 Å². The van der Waals surface area contributed by atoms with Crippen molar-refractivity contribution in [3.63, 3.8) is 0 Å². The maximum atomic E-state index is 12.5. The number of ether oxygens (including phenoxy) is 1. The predicted octanol–water partition coefficient (Wildman–Crippen LogP) is 4.67. The standard InChI is InChI=1S/C24H21ClN2O3/c1-24(2)20-6-4-5-7-21(20)27(3)22(24)13-19(28)15-30-23(29)17(14-26)12-16-8-10-18(25)11-9-16/h4-13H,15H2,1-3H3/b17-12-,22-13?. The highest BCUT2D eigenvalue weighted by Crippen LogP contribution is 2.46. The van der Waals surface area contributed by atoms with Crippen LogP contribution in [0.4, 0.5) is 5.69 Å². The second-order valence-electron chi connectivity index (χ2n) is 7.49. The van der Waals surface area contributed by atoms with E-state index in [-0.39, 0.29) is 16.8 Å². The molecule has 6 heteroatoms. The maximum absolute atomic E-state index is 12.5. The van der Waals surface area contributed by atoms with E-state index in [1.54, 1.807) is 24.3 Å². The highest BCUT2D eigenvalue weighted by Gasteiger charge is 2.38. The molecular formula is C24H21ClN2O3. The van der Waals surface area contributed by atoms with Gasteiger partial charge in [-0.3, -0.25) is 4.79 Å². The molecule has 3 rings (SSSR count). The number of hydrogen-bond acceptors (Lipinski definition) is 5. The number of fused-ring (bicyclic) bond motifs is 1. The topological polar surface area (TPSA) is 70.4 Å². The van der Waals surface area contributed by atoms with Crippen LogP contribution in [-0.2, 0) is 19.7 Å². The maximum Gasteiger partial charge on any atom is 0.349 e. The van der Waals surface area contributed by atoms with E-state index in [4.69, 9.17) is 16.3 Å². The third kappa shape index (κ3) is 4.29. The quantitative estimate of drug-likeness (QED) is 0.399. The fraction of sp³-hybridized carbons (Fsp3) is 0.208. The summed E-state index contributed by atoms with van der Waals surface area (Å²) in [6.07, 6.45) is 2.90. The summed E-state index contributed by atoms with van der Waals surface area (Å²) >= 11 is 5.84. The number of halogens is 1. The van der Waals surface area contributed by atoms with Crippen LogP contribution in [-0.4, -0.2) is 25.4 Å². The number of hydrogen-bond donors (Lipinski definition) is 0. The van der Waals surface area contributed by atoms with Crippen LogP contribution in [0, 0.1) is 11.3 Å². The van der Waals surface area contributed by atoms with Gasteiger partial charge in [-0.05, 0) is 35.4 Å². The first-order valence-corrected chi connectivity index (χ1v) is 9.74. The number of likely N-dealkylation sites (N-methyl/N-ethyl adjacent to an activating group) is 1. The molecule has 1 aliphatic rings. The van der Waals surface area contributed by atoms with Crippen LogP contribution in [0.3, 0.4) is 0 Å². The van der Waals surface area contributed by atoms with Crippen molar-refractivity contribution in [3.05, 3.63) is 82.0 Å². The summed E-state index contributed by atoms with van der Waals surface area (Å²) in [5, 5.41) is 9.81. The summed E-state index contributed by atoms with van der Waals surface area (Å²) in [6, 6.07) is 16.4. The summed E-state index contributed by atoms with van der Waals surface area (Å²) in [5.74, 6) is -1.20. The Bertz CT molecular complexity index is 1090. The zero-order valence-electron chi connectivity index (χ0n) is 17.0. The minimum Gasteiger partial charge on any atom is -0.453 e. The molecule has 1 aliphatic heterocycles. The van der Waals surface area contributed by atoms with E-state index in [0.717, 1.165) is 16.9 Å². The molecule has 0 aliphatic carbocycles. The molecular weight excluding hydrogens is 400 g/mol. The summed E-state index contributed by atoms with van der Waals surface area (Å²) in [7, 11) is 1.90. The Morgan fingerprint density at radius 1 is 1.17 bits per heavy atom. The number of nitrogens with zero attached hydrogens (tertiary/aromatic N) is 2. The summed E-state index contributed by atoms with van der Waals surface area (Å²) in [4.78, 5) is 26.7. The molecule has 0 bridgehead atoms. The minimum absolute atomic E-state index is 0.191. The van der Waals surface area contributed by atoms with Crippen LogP contribution in [0.25, 0.3) is 6.08 Å². The first-order valence-electron chi connectivity index (χ1n) is 9.37. The van der Waals surface area contributed by atoms with Gasteiger partial charge >= 0.3 is 5.97 Å². The lowest BCUT2D eigenvalue weighted by molar-refractivity contribution is -0.142. The van der Waals surface area contributed by atoms with Crippen molar-refractivity contribution < 1.29 is 14.3 Å². The molecule has 152 valence electrons. The SMILES string of the molecule is CN1C(=CC(=O)COC(=O)/C(C#N)=C\c2ccc(Cl)cc2)C(C)(C)c2ccccc21. The number of benzene rings is 2. The third-order valence-electron chi connectivity index (χ3n) is 5.11. The average molecular weight is 421 g/mol. The fourth-order valence-electron chi connectivity index (χ4n) is 3.53. The molecule has 2 aromatic rings. The molecule has 0 amide bonds. The van der Waals surface area contributed by atoms with Crippen molar-refractivity contribution in [1.29, 1.82) is 5.26 Å². The van der Waals surface area contributed by atoms with Crippen LogP contribution in [0.2, 0.25) is 5.02 Å². The summed E-state index contributed by atoms with van der Waals surface area (Å²) in [6.45, 7) is 3.65. The lowest BCUT2D eigenvalue weighted by Gasteiger charge is -2.23. The van der Waals surface area contributed by atoms with Gasteiger partial charge < -0.3 is 9.64 Å². The Morgan fingerprint density at radius 2 is 1.83 bits per heavy atom. The van der Waals surface area contributed by atoms with E-state index >= 15 is 0 Å². The molecule has 5 nitrogen and oxygen atoms in total. The van der Waals surface area contributed by atoms with E-state index in [1.807, 2.05) is 56.1 Å². The van der Waals surface area contributed by atoms with E-state index in [2.05, 4.69) is 0 Å². The van der Waals surface area contributed by atoms with Gasteiger partial charge in [0.25, 0.3) is 0 Å². The van der Waals surface area contributed by atoms with Crippen LogP contribution < -0.4 is 4.90 Å². The summed E-state index contributed by atoms with van der Waals surface area (Å²) in [5.41, 5.74) is 3.08. The monoisotopic (exact) mass is 420 g/mol. The molecule has 0 fully saturated rings. The van der Waals surface area contributed by atoms with Gasteiger partial charge in [0.2, 0.25) is 0 Å². The van der Waals surface area contributed by atoms with Crippen molar-refractivity contribution in [2.45, 2.75) is 19.3 Å². The van der Waals surface area contributed by atoms with Gasteiger partial charge in [0.15, 0.2) is 12.4 Å². The number of carbonyl (C=O) groups excluding carboxylic acids is 2. The molecule has 0 N–H and O–H groups in total. The van der Waals surface area contributed by atoms with Gasteiger partial charge in [0, 0.05) is 34.9 Å². The normalized spacial score (nSPS) is 16.2. The Kier molecular flexibility index (Phi) is 6.09. The van der Waals surface area contributed by atoms with Crippen LogP contribution in [0.1, 0.15) is 25.0 Å². The molecule has 1 heterocycles. The minimum atomic E-state index is -0.846. The first-order chi connectivity index (χ1) is 14.2. The molecule has 0 atom stereocenters. The van der Waals surface area contributed by atoms with Crippen LogP contribution in [0.15, 0.2) is 65.9 Å². The second kappa shape index (κ2) is 8.56. The number of esters is 1. The second-order valence-corrected chi connectivity index (χ2v) is 7.93. The molecule has 0 radical (unpaired) electrons. The van der Waals surface area contributed by atoms with Crippen molar-refractivity contribution >= 4 is 35.1 Å². The molecule has 30 heavy (non-hydrogen) atoms. The Labute approximate surface area is 180 Å². The van der Waals surface area contributed by atoms with Gasteiger partial charge in [0.1, 0.15) is 11.6 Å². The van der Waals surface area contributed by atoms with Gasteiger partial charge in [-0.15, -0.1) is 0 Å². The number of ketones is 1. The molecule has 0 saturated heterocycles. The molecule has 0 aromatic heterocycles. The van der Waals surface area contributed by atoms with Gasteiger partial charge in [0.05, 0.1) is 0 Å². The van der Waals surface area contributed by atoms with Gasteiger partial charge in [-0.1, -0.05) is 55.8 Å². The van der Waals surface area contributed by atoms with Crippen molar-refractivity contribution in [3.8, 4) is 6.07 Å². The zero-order chi connectivity index (χ0) is 21.9. The van der Waals surface area contributed by atoms with Crippen molar-refractivity contribution in [2.24, 2.45) is 0 Å². The van der Waals surface area contributed by atoms with Gasteiger partial charge in [-0.2, -0.15) is 5.26 Å². The number of anilines is 1. The average Bonchev–Trinajstić information content (AvgIpc) is 2.92. The van der Waals surface area contributed by atoms with Crippen molar-refractivity contribution in [2.75, 3.05) is 18.6 Å². The smallest absolute Gasteiger partial charge is 0.349 e. The van der Waals surface area contributed by atoms with Crippen molar-refractivity contribution in [1.82, 2.24) is 0 Å². The first kappa shape index (κ1) is 21.4. The number of carbonyl (C=O) groups is 2. The highest BCUT2D eigenvalue weighted by molar-refractivity contribution is 6.30. The molecule has 0 spiro atoms. The summed E-state index contributed by atoms with van der Waals surface area (Å²) < 4.78 is 5.08. The number of para-hydroxylation sites is 1. The van der Waals surface area contributed by atoms with Crippen LogP contribution in [0.5, 0.6) is 0 Å². The largest absolute Gasteiger partial charge is 0.453 e.